The molecular formula is C44H48N4. The Hall–Kier alpha value is -5.48. The van der Waals surface area contributed by atoms with Gasteiger partial charge in [-0.25, -0.2) is 0 Å². The molecule has 9 rings (SSSR count). The first-order chi connectivity index (χ1) is 23.8. The number of hydrogen-bond acceptors (Lipinski definition) is 0. The minimum Gasteiger partial charge on any atom is -0.354 e. The van der Waals surface area contributed by atoms with E-state index in [0.717, 1.165) is 44.2 Å². The third-order valence-electron chi connectivity index (χ3n) is 8.26. The zero-order valence-electron chi connectivity index (χ0n) is 29.5. The summed E-state index contributed by atoms with van der Waals surface area (Å²) in [5.41, 5.74) is 4.34. The third-order valence-corrected chi connectivity index (χ3v) is 8.26. The molecule has 0 spiro atoms. The second-order valence-electron chi connectivity index (χ2n) is 10.6. The fourth-order valence-electron chi connectivity index (χ4n) is 6.42. The molecule has 0 amide bonds. The summed E-state index contributed by atoms with van der Waals surface area (Å²) in [4.78, 5) is 15.0. The lowest BCUT2D eigenvalue weighted by Gasteiger charge is -1.92. The number of benzene rings is 4. The number of hydrogen-bond donors (Lipinski definition) is 4. The normalized spacial score (nSPS) is 11.2. The molecule has 0 aliphatic carbocycles. The van der Waals surface area contributed by atoms with Gasteiger partial charge in [-0.15, -0.1) is 0 Å². The van der Waals surface area contributed by atoms with Crippen LogP contribution in [0.4, 0.5) is 0 Å². The van der Waals surface area contributed by atoms with Crippen molar-refractivity contribution in [3.05, 3.63) is 141 Å². The van der Waals surface area contributed by atoms with E-state index in [1.807, 2.05) is 55.4 Å². The molecule has 4 N–H and O–H groups in total. The first kappa shape index (κ1) is 33.9. The number of nitrogens with one attached hydrogen (secondary N) is 4. The largest absolute Gasteiger partial charge is 0.354 e. The molecule has 4 aromatic carbocycles. The van der Waals surface area contributed by atoms with Gasteiger partial charge in [0, 0.05) is 87.3 Å². The molecule has 1 aliphatic rings. The second kappa shape index (κ2) is 15.4. The standard InChI is InChI=1S/C36H24N4.4C2H6/c1-2-10-22-21(9-1)29-17-31-23-11-3-4-12-24(23)33(38-31)19-35-27-15-7-8-16-28(27)36(40-35)20-34-26-14-6-5-13-25(26)32(39-34)18-30(22)37-29;4*1-2/h1-20,37-40H;4*1-2H3. The minimum atomic E-state index is 1.09. The van der Waals surface area contributed by atoms with Gasteiger partial charge in [-0.3, -0.25) is 0 Å². The van der Waals surface area contributed by atoms with Crippen molar-refractivity contribution in [1.82, 2.24) is 19.9 Å². The van der Waals surface area contributed by atoms with Gasteiger partial charge in [0.1, 0.15) is 0 Å². The lowest BCUT2D eigenvalue weighted by Crippen LogP contribution is -2.11. The smallest absolute Gasteiger partial charge is 0.0485 e. The maximum atomic E-state index is 3.75. The highest BCUT2D eigenvalue weighted by Crippen LogP contribution is 2.26. The van der Waals surface area contributed by atoms with E-state index in [-0.39, 0.29) is 0 Å². The molecule has 8 aromatic rings. The lowest BCUT2D eigenvalue weighted by atomic mass is 10.1. The van der Waals surface area contributed by atoms with Crippen LogP contribution in [-0.4, -0.2) is 19.9 Å². The molecule has 0 saturated heterocycles. The second-order valence-corrected chi connectivity index (χ2v) is 10.6. The first-order valence-corrected chi connectivity index (χ1v) is 17.6. The van der Waals surface area contributed by atoms with Crippen molar-refractivity contribution in [2.24, 2.45) is 0 Å². The first-order valence-electron chi connectivity index (χ1n) is 17.6. The third kappa shape index (κ3) is 6.02. The molecule has 0 saturated carbocycles. The van der Waals surface area contributed by atoms with Gasteiger partial charge in [-0.1, -0.05) is 152 Å². The summed E-state index contributed by atoms with van der Waals surface area (Å²) < 4.78 is 0. The van der Waals surface area contributed by atoms with Crippen LogP contribution in [0.2, 0.25) is 0 Å². The number of fused-ring (bicyclic) bond motifs is 20. The van der Waals surface area contributed by atoms with E-state index in [2.05, 4.69) is 141 Å². The van der Waals surface area contributed by atoms with Gasteiger partial charge in [0.15, 0.2) is 0 Å². The van der Waals surface area contributed by atoms with E-state index in [0.29, 0.717) is 0 Å². The van der Waals surface area contributed by atoms with E-state index >= 15 is 0 Å². The summed E-state index contributed by atoms with van der Waals surface area (Å²) in [6.45, 7) is 16.0. The van der Waals surface area contributed by atoms with Gasteiger partial charge >= 0.3 is 0 Å². The molecule has 1 aliphatic heterocycles. The van der Waals surface area contributed by atoms with Crippen molar-refractivity contribution in [1.29, 1.82) is 0 Å². The molecule has 5 heterocycles. The maximum Gasteiger partial charge on any atom is 0.0485 e. The van der Waals surface area contributed by atoms with Gasteiger partial charge < -0.3 is 19.9 Å². The van der Waals surface area contributed by atoms with Gasteiger partial charge in [0.25, 0.3) is 0 Å². The Morgan fingerprint density at radius 3 is 0.646 bits per heavy atom. The summed E-state index contributed by atoms with van der Waals surface area (Å²) in [5.74, 6) is 0. The Morgan fingerprint density at radius 2 is 0.438 bits per heavy atom. The van der Waals surface area contributed by atoms with E-state index < -0.39 is 0 Å². The van der Waals surface area contributed by atoms with Gasteiger partial charge in [-0.2, -0.15) is 0 Å². The predicted octanol–water partition coefficient (Wildman–Crippen LogP) is 9.35. The average Bonchev–Trinajstić information content (AvgIpc) is 3.91. The topological polar surface area (TPSA) is 63.2 Å². The number of rotatable bonds is 0. The van der Waals surface area contributed by atoms with Crippen molar-refractivity contribution in [3.63, 3.8) is 0 Å². The number of aromatic nitrogens is 4. The van der Waals surface area contributed by atoms with E-state index in [1.165, 1.54) is 43.1 Å². The average molecular weight is 633 g/mol. The highest BCUT2D eigenvalue weighted by Gasteiger charge is 2.12. The summed E-state index contributed by atoms with van der Waals surface area (Å²) in [5, 5.41) is 13.9. The Labute approximate surface area is 283 Å². The maximum absolute atomic E-state index is 3.75. The molecule has 4 aromatic heterocycles. The van der Waals surface area contributed by atoms with Crippen molar-refractivity contribution >= 4 is 67.4 Å². The van der Waals surface area contributed by atoms with Crippen LogP contribution >= 0.6 is 0 Å². The Balaban J connectivity index is 0.000000528. The van der Waals surface area contributed by atoms with Crippen molar-refractivity contribution in [3.8, 4) is 0 Å². The molecule has 0 atom stereocenters. The van der Waals surface area contributed by atoms with Crippen LogP contribution in [0.3, 0.4) is 0 Å². The van der Waals surface area contributed by atoms with Gasteiger partial charge in [0.2, 0.25) is 0 Å². The Bertz CT molecular complexity index is 2200. The van der Waals surface area contributed by atoms with Gasteiger partial charge in [0.05, 0.1) is 0 Å². The van der Waals surface area contributed by atoms with Crippen LogP contribution in [0.1, 0.15) is 78.2 Å². The van der Waals surface area contributed by atoms with E-state index in [1.54, 1.807) is 0 Å². The van der Waals surface area contributed by atoms with Crippen molar-refractivity contribution in [2.45, 2.75) is 55.4 Å². The van der Waals surface area contributed by atoms with Crippen LogP contribution < -0.4 is 21.4 Å². The minimum absolute atomic E-state index is 1.09. The number of aromatic amines is 4. The summed E-state index contributed by atoms with van der Waals surface area (Å²) in [7, 11) is 0. The molecule has 0 radical (unpaired) electrons. The van der Waals surface area contributed by atoms with Crippen LogP contribution in [-0.2, 0) is 0 Å². The SMILES string of the molecule is C1=c2[nH]c(c3ccccc23)=Cc2[nH]c(c3ccccc23)C=c2[nH]c(c3ccccc23)=Cc2[nH]c1c1ccccc21.CC.CC.CC.CC. The summed E-state index contributed by atoms with van der Waals surface area (Å²) in [6, 6.07) is 34.4. The van der Waals surface area contributed by atoms with Crippen LogP contribution in [0.15, 0.2) is 97.1 Å². The Morgan fingerprint density at radius 1 is 0.250 bits per heavy atom. The van der Waals surface area contributed by atoms with Crippen LogP contribution in [0.5, 0.6) is 0 Å². The van der Waals surface area contributed by atoms with E-state index in [4.69, 9.17) is 0 Å². The lowest BCUT2D eigenvalue weighted by molar-refractivity contribution is 1.25. The molecule has 4 heteroatoms. The predicted molar refractivity (Wildman–Crippen MR) is 211 cm³/mol. The fraction of sp³-hybridized carbons (Fsp3) is 0.182. The van der Waals surface area contributed by atoms with Crippen LogP contribution in [0, 0.1) is 0 Å². The fourth-order valence-corrected chi connectivity index (χ4v) is 6.42. The summed E-state index contributed by atoms with van der Waals surface area (Å²) in [6.07, 6.45) is 8.98. The molecular weight excluding hydrogens is 585 g/mol. The molecule has 244 valence electrons. The van der Waals surface area contributed by atoms with Crippen molar-refractivity contribution in [2.75, 3.05) is 0 Å². The Kier molecular flexibility index (Phi) is 10.9. The summed E-state index contributed by atoms with van der Waals surface area (Å²) >= 11 is 0. The highest BCUT2D eigenvalue weighted by atomic mass is 14.8. The van der Waals surface area contributed by atoms with Crippen molar-refractivity contribution < 1.29 is 0 Å². The van der Waals surface area contributed by atoms with Gasteiger partial charge in [-0.05, 0) is 24.3 Å². The molecule has 4 nitrogen and oxygen atoms in total. The quantitative estimate of drug-likeness (QED) is 0.129. The molecule has 0 fully saturated rings. The monoisotopic (exact) mass is 632 g/mol. The van der Waals surface area contributed by atoms with Crippen LogP contribution in [0.25, 0.3) is 67.4 Å². The molecule has 8 bridgehead atoms. The number of H-pyrrole nitrogens is 4. The molecule has 48 heavy (non-hydrogen) atoms. The van der Waals surface area contributed by atoms with E-state index in [9.17, 15) is 0 Å². The zero-order chi connectivity index (χ0) is 34.2. The highest BCUT2D eigenvalue weighted by molar-refractivity contribution is 6.00. The zero-order valence-corrected chi connectivity index (χ0v) is 29.5. The molecule has 0 unspecified atom stereocenters.